The van der Waals surface area contributed by atoms with Crippen LogP contribution in [0.3, 0.4) is 0 Å². The van der Waals surface area contributed by atoms with Crippen molar-refractivity contribution in [3.8, 4) is 11.5 Å². The Morgan fingerprint density at radius 1 is 1.33 bits per heavy atom. The van der Waals surface area contributed by atoms with Gasteiger partial charge in [0.1, 0.15) is 13.2 Å². The molecular formula is C13H19NO3S. The number of anilines is 1. The molecule has 100 valence electrons. The molecule has 1 aromatic carbocycles. The van der Waals surface area contributed by atoms with E-state index in [1.54, 1.807) is 11.8 Å². The number of aliphatic hydroxyl groups excluding tert-OH is 1. The second-order valence-corrected chi connectivity index (χ2v) is 5.76. The molecule has 0 fully saturated rings. The van der Waals surface area contributed by atoms with Gasteiger partial charge in [0.05, 0.1) is 0 Å². The summed E-state index contributed by atoms with van der Waals surface area (Å²) in [5.41, 5.74) is 7.81. The van der Waals surface area contributed by atoms with Gasteiger partial charge in [0, 0.05) is 29.4 Å². The summed E-state index contributed by atoms with van der Waals surface area (Å²) in [5.74, 6) is 2.33. The molecule has 0 saturated heterocycles. The standard InChI is InChI=1S/C13H19NO3S/c1-9(2-3-15)18-8-10-6-12-13(7-11(10)14)17-5-4-16-12/h6-7,9,15H,2-5,8,14H2,1H3. The van der Waals surface area contributed by atoms with E-state index in [4.69, 9.17) is 20.3 Å². The van der Waals surface area contributed by atoms with Crippen LogP contribution < -0.4 is 15.2 Å². The zero-order valence-electron chi connectivity index (χ0n) is 10.5. The third kappa shape index (κ3) is 3.23. The molecule has 0 aliphatic carbocycles. The van der Waals surface area contributed by atoms with E-state index in [2.05, 4.69) is 6.92 Å². The van der Waals surface area contributed by atoms with Crippen molar-refractivity contribution >= 4 is 17.4 Å². The van der Waals surface area contributed by atoms with Gasteiger partial charge in [0.25, 0.3) is 0 Å². The Balaban J connectivity index is 2.04. The number of fused-ring (bicyclic) bond motifs is 1. The molecule has 1 aliphatic rings. The molecule has 5 heteroatoms. The van der Waals surface area contributed by atoms with Gasteiger partial charge in [-0.3, -0.25) is 0 Å². The first-order valence-electron chi connectivity index (χ1n) is 6.11. The minimum Gasteiger partial charge on any atom is -0.486 e. The summed E-state index contributed by atoms with van der Waals surface area (Å²) in [7, 11) is 0. The topological polar surface area (TPSA) is 64.7 Å². The van der Waals surface area contributed by atoms with E-state index in [1.165, 1.54) is 0 Å². The van der Waals surface area contributed by atoms with Gasteiger partial charge in [-0.05, 0) is 18.1 Å². The Morgan fingerprint density at radius 2 is 2.00 bits per heavy atom. The number of thioether (sulfide) groups is 1. The molecule has 0 radical (unpaired) electrons. The van der Waals surface area contributed by atoms with Gasteiger partial charge in [-0.2, -0.15) is 11.8 Å². The number of rotatable bonds is 5. The number of hydrogen-bond donors (Lipinski definition) is 2. The number of ether oxygens (including phenoxy) is 2. The highest BCUT2D eigenvalue weighted by Crippen LogP contribution is 2.36. The van der Waals surface area contributed by atoms with Crippen molar-refractivity contribution in [3.63, 3.8) is 0 Å². The van der Waals surface area contributed by atoms with Crippen molar-refractivity contribution in [2.45, 2.75) is 24.3 Å². The van der Waals surface area contributed by atoms with Gasteiger partial charge in [-0.15, -0.1) is 0 Å². The maximum absolute atomic E-state index is 8.87. The molecule has 0 aromatic heterocycles. The number of benzene rings is 1. The molecule has 1 aromatic rings. The molecule has 0 saturated carbocycles. The predicted molar refractivity (Wildman–Crippen MR) is 74.3 cm³/mol. The van der Waals surface area contributed by atoms with E-state index in [-0.39, 0.29) is 6.61 Å². The zero-order valence-corrected chi connectivity index (χ0v) is 11.3. The van der Waals surface area contributed by atoms with Crippen LogP contribution in [0.4, 0.5) is 5.69 Å². The molecule has 1 atom stereocenters. The van der Waals surface area contributed by atoms with Gasteiger partial charge in [-0.1, -0.05) is 6.92 Å². The summed E-state index contributed by atoms with van der Waals surface area (Å²) >= 11 is 1.78. The van der Waals surface area contributed by atoms with Crippen LogP contribution in [0.2, 0.25) is 0 Å². The predicted octanol–water partition coefficient (Wildman–Crippen LogP) is 2.04. The Bertz CT molecular complexity index is 411. The normalized spacial score (nSPS) is 15.4. The number of hydrogen-bond acceptors (Lipinski definition) is 5. The summed E-state index contributed by atoms with van der Waals surface area (Å²) in [6.07, 6.45) is 0.801. The third-order valence-electron chi connectivity index (χ3n) is 2.86. The molecule has 3 N–H and O–H groups in total. The van der Waals surface area contributed by atoms with Crippen LogP contribution in [0.1, 0.15) is 18.9 Å². The molecule has 1 aliphatic heterocycles. The second-order valence-electron chi connectivity index (χ2n) is 4.33. The van der Waals surface area contributed by atoms with E-state index in [0.29, 0.717) is 18.5 Å². The largest absolute Gasteiger partial charge is 0.486 e. The lowest BCUT2D eigenvalue weighted by Crippen LogP contribution is -2.16. The number of aliphatic hydroxyl groups is 1. The van der Waals surface area contributed by atoms with E-state index in [9.17, 15) is 0 Å². The van der Waals surface area contributed by atoms with Gasteiger partial charge in [0.15, 0.2) is 11.5 Å². The summed E-state index contributed by atoms with van der Waals surface area (Å²) in [6.45, 7) is 3.50. The smallest absolute Gasteiger partial charge is 0.163 e. The van der Waals surface area contributed by atoms with Gasteiger partial charge in [0.2, 0.25) is 0 Å². The molecular weight excluding hydrogens is 250 g/mol. The average Bonchev–Trinajstić information content (AvgIpc) is 2.36. The molecule has 18 heavy (non-hydrogen) atoms. The first-order valence-corrected chi connectivity index (χ1v) is 7.16. The average molecular weight is 269 g/mol. The van der Waals surface area contributed by atoms with Crippen molar-refractivity contribution in [2.24, 2.45) is 0 Å². The number of nitrogens with two attached hydrogens (primary N) is 1. The SMILES string of the molecule is CC(CCO)SCc1cc2c(cc1N)OCCO2. The molecule has 2 rings (SSSR count). The van der Waals surface area contributed by atoms with Crippen LogP contribution in [-0.2, 0) is 5.75 Å². The monoisotopic (exact) mass is 269 g/mol. The maximum atomic E-state index is 8.87. The highest BCUT2D eigenvalue weighted by molar-refractivity contribution is 7.99. The Kier molecular flexibility index (Phi) is 4.60. The molecule has 1 unspecified atom stereocenters. The zero-order chi connectivity index (χ0) is 13.0. The minimum absolute atomic E-state index is 0.227. The fourth-order valence-electron chi connectivity index (χ4n) is 1.77. The van der Waals surface area contributed by atoms with E-state index >= 15 is 0 Å². The van der Waals surface area contributed by atoms with Gasteiger partial charge in [-0.25, -0.2) is 0 Å². The lowest BCUT2D eigenvalue weighted by molar-refractivity contribution is 0.171. The van der Waals surface area contributed by atoms with Crippen molar-refractivity contribution in [3.05, 3.63) is 17.7 Å². The highest BCUT2D eigenvalue weighted by atomic mass is 32.2. The molecule has 4 nitrogen and oxygen atoms in total. The Hall–Kier alpha value is -1.07. The highest BCUT2D eigenvalue weighted by Gasteiger charge is 2.15. The summed E-state index contributed by atoms with van der Waals surface area (Å²) in [4.78, 5) is 0. The van der Waals surface area contributed by atoms with Crippen molar-refractivity contribution in [1.29, 1.82) is 0 Å². The first-order chi connectivity index (χ1) is 8.70. The van der Waals surface area contributed by atoms with Crippen LogP contribution in [-0.4, -0.2) is 30.2 Å². The second kappa shape index (κ2) is 6.20. The molecule has 1 heterocycles. The van der Waals surface area contributed by atoms with Crippen molar-refractivity contribution in [2.75, 3.05) is 25.6 Å². The molecule has 0 amide bonds. The van der Waals surface area contributed by atoms with Crippen LogP contribution in [0.25, 0.3) is 0 Å². The fraction of sp³-hybridized carbons (Fsp3) is 0.538. The summed E-state index contributed by atoms with van der Waals surface area (Å²) < 4.78 is 11.0. The van der Waals surface area contributed by atoms with Crippen LogP contribution in [0, 0.1) is 0 Å². The molecule has 0 bridgehead atoms. The van der Waals surface area contributed by atoms with E-state index < -0.39 is 0 Å². The first kappa shape index (κ1) is 13.4. The summed E-state index contributed by atoms with van der Waals surface area (Å²) in [5, 5.41) is 9.29. The quantitative estimate of drug-likeness (QED) is 0.801. The van der Waals surface area contributed by atoms with Crippen LogP contribution in [0.15, 0.2) is 12.1 Å². The molecule has 0 spiro atoms. The van der Waals surface area contributed by atoms with Crippen LogP contribution >= 0.6 is 11.8 Å². The van der Waals surface area contributed by atoms with Crippen LogP contribution in [0.5, 0.6) is 11.5 Å². The lowest BCUT2D eigenvalue weighted by atomic mass is 10.2. The van der Waals surface area contributed by atoms with Crippen molar-refractivity contribution < 1.29 is 14.6 Å². The Labute approximate surface area is 111 Å². The van der Waals surface area contributed by atoms with Crippen molar-refractivity contribution in [1.82, 2.24) is 0 Å². The van der Waals surface area contributed by atoms with E-state index in [1.807, 2.05) is 12.1 Å². The maximum Gasteiger partial charge on any atom is 0.163 e. The van der Waals surface area contributed by atoms with E-state index in [0.717, 1.165) is 34.9 Å². The van der Waals surface area contributed by atoms with Gasteiger partial charge < -0.3 is 20.3 Å². The third-order valence-corrected chi connectivity index (χ3v) is 4.15. The summed E-state index contributed by atoms with van der Waals surface area (Å²) in [6, 6.07) is 3.80. The lowest BCUT2D eigenvalue weighted by Gasteiger charge is -2.20. The number of nitrogen functional groups attached to an aromatic ring is 1. The minimum atomic E-state index is 0.227. The fourth-order valence-corrected chi connectivity index (χ4v) is 2.75. The van der Waals surface area contributed by atoms with Gasteiger partial charge >= 0.3 is 0 Å². The Morgan fingerprint density at radius 3 is 2.67 bits per heavy atom.